The third kappa shape index (κ3) is 2.79. The lowest BCUT2D eigenvalue weighted by Gasteiger charge is -2.12. The zero-order valence-corrected chi connectivity index (χ0v) is 15.9. The maximum atomic E-state index is 11.7. The number of carboxylic acids is 1. The molecule has 1 heterocycles. The van der Waals surface area contributed by atoms with Crippen molar-refractivity contribution in [2.45, 2.75) is 6.92 Å². The number of fused-ring (bicyclic) bond motifs is 2. The van der Waals surface area contributed by atoms with Crippen molar-refractivity contribution in [2.24, 2.45) is 0 Å². The number of hydrogen-bond acceptors (Lipinski definition) is 1. The Kier molecular flexibility index (Phi) is 3.95. The molecule has 140 valence electrons. The quantitative estimate of drug-likeness (QED) is 0.369. The Labute approximate surface area is 168 Å². The minimum absolute atomic E-state index is 0.197. The van der Waals surface area contributed by atoms with Crippen molar-refractivity contribution >= 4 is 27.6 Å². The Hall–Kier alpha value is -3.85. The van der Waals surface area contributed by atoms with E-state index in [2.05, 4.69) is 60.4 Å². The van der Waals surface area contributed by atoms with Crippen LogP contribution in [0.15, 0.2) is 84.9 Å². The maximum absolute atomic E-state index is 11.7. The molecule has 0 aliphatic rings. The summed E-state index contributed by atoms with van der Waals surface area (Å²) in [6, 6.07) is 28.6. The second-order valence-electron chi connectivity index (χ2n) is 7.28. The average Bonchev–Trinajstić information content (AvgIpc) is 3.19. The van der Waals surface area contributed by atoms with Gasteiger partial charge in [0, 0.05) is 10.9 Å². The van der Waals surface area contributed by atoms with Crippen LogP contribution >= 0.6 is 0 Å². The van der Waals surface area contributed by atoms with Gasteiger partial charge in [-0.1, -0.05) is 78.9 Å². The van der Waals surface area contributed by atoms with Gasteiger partial charge in [0.25, 0.3) is 0 Å². The number of aromatic amines is 1. The molecule has 0 atom stereocenters. The Morgan fingerprint density at radius 1 is 0.724 bits per heavy atom. The largest absolute Gasteiger partial charge is 0.477 e. The van der Waals surface area contributed by atoms with E-state index in [0.717, 1.165) is 49.5 Å². The highest BCUT2D eigenvalue weighted by atomic mass is 16.4. The van der Waals surface area contributed by atoms with Crippen LogP contribution in [0.5, 0.6) is 0 Å². The first kappa shape index (κ1) is 17.3. The summed E-state index contributed by atoms with van der Waals surface area (Å²) in [5.74, 6) is -0.958. The molecule has 3 heteroatoms. The lowest BCUT2D eigenvalue weighted by atomic mass is 9.92. The van der Waals surface area contributed by atoms with Crippen LogP contribution in [-0.4, -0.2) is 16.1 Å². The van der Waals surface area contributed by atoms with Crippen molar-refractivity contribution in [3.05, 3.63) is 96.2 Å². The summed E-state index contributed by atoms with van der Waals surface area (Å²) in [6.07, 6.45) is 0. The molecule has 29 heavy (non-hydrogen) atoms. The fourth-order valence-electron chi connectivity index (χ4n) is 4.13. The minimum atomic E-state index is -0.958. The molecule has 0 fully saturated rings. The number of carbonyl (C=O) groups is 1. The van der Waals surface area contributed by atoms with Gasteiger partial charge in [-0.05, 0) is 46.0 Å². The van der Waals surface area contributed by atoms with Crippen LogP contribution in [0.2, 0.25) is 0 Å². The van der Waals surface area contributed by atoms with Crippen LogP contribution in [-0.2, 0) is 0 Å². The standard InChI is InChI=1S/C26H19NO2/c1-16-7-2-4-10-18(16)22-14-13-21(23-15-24(26(28)29)27-25(22)23)20-12-6-9-17-8-3-5-11-19(17)20/h2-15,27H,1H3,(H,28,29). The monoisotopic (exact) mass is 377 g/mol. The van der Waals surface area contributed by atoms with Gasteiger partial charge in [0.05, 0.1) is 5.52 Å². The van der Waals surface area contributed by atoms with E-state index >= 15 is 0 Å². The van der Waals surface area contributed by atoms with Gasteiger partial charge >= 0.3 is 5.97 Å². The van der Waals surface area contributed by atoms with Gasteiger partial charge in [-0.2, -0.15) is 0 Å². The average molecular weight is 377 g/mol. The number of nitrogens with one attached hydrogen (secondary N) is 1. The van der Waals surface area contributed by atoms with Crippen LogP contribution in [0.3, 0.4) is 0 Å². The fraction of sp³-hybridized carbons (Fsp3) is 0.0385. The minimum Gasteiger partial charge on any atom is -0.477 e. The highest BCUT2D eigenvalue weighted by molar-refractivity contribution is 6.10. The second kappa shape index (κ2) is 6.64. The molecule has 0 aliphatic heterocycles. The van der Waals surface area contributed by atoms with E-state index in [-0.39, 0.29) is 5.69 Å². The first-order valence-electron chi connectivity index (χ1n) is 9.56. The number of aromatic carboxylic acids is 1. The van der Waals surface area contributed by atoms with Crippen LogP contribution in [0.4, 0.5) is 0 Å². The molecule has 0 saturated carbocycles. The van der Waals surface area contributed by atoms with Crippen LogP contribution < -0.4 is 0 Å². The van der Waals surface area contributed by atoms with Crippen molar-refractivity contribution < 1.29 is 9.90 Å². The first-order valence-corrected chi connectivity index (χ1v) is 9.56. The zero-order valence-electron chi connectivity index (χ0n) is 15.9. The van der Waals surface area contributed by atoms with Gasteiger partial charge in [-0.15, -0.1) is 0 Å². The molecular weight excluding hydrogens is 358 g/mol. The Morgan fingerprint density at radius 2 is 1.38 bits per heavy atom. The molecule has 2 N–H and O–H groups in total. The highest BCUT2D eigenvalue weighted by Crippen LogP contribution is 2.39. The molecule has 5 aromatic rings. The number of aryl methyl sites for hydroxylation is 1. The summed E-state index contributed by atoms with van der Waals surface area (Å²) < 4.78 is 0. The van der Waals surface area contributed by atoms with Gasteiger partial charge in [-0.3, -0.25) is 0 Å². The van der Waals surface area contributed by atoms with E-state index < -0.39 is 5.97 Å². The Balaban J connectivity index is 1.86. The fourth-order valence-corrected chi connectivity index (χ4v) is 4.13. The third-order valence-corrected chi connectivity index (χ3v) is 5.54. The molecule has 0 unspecified atom stereocenters. The van der Waals surface area contributed by atoms with Crippen LogP contribution in [0.25, 0.3) is 43.9 Å². The van der Waals surface area contributed by atoms with E-state index in [0.29, 0.717) is 0 Å². The lowest BCUT2D eigenvalue weighted by Crippen LogP contribution is -1.95. The molecule has 5 rings (SSSR count). The van der Waals surface area contributed by atoms with Gasteiger partial charge in [0.15, 0.2) is 0 Å². The summed E-state index contributed by atoms with van der Waals surface area (Å²) in [4.78, 5) is 14.9. The summed E-state index contributed by atoms with van der Waals surface area (Å²) in [7, 11) is 0. The molecule has 3 nitrogen and oxygen atoms in total. The molecule has 4 aromatic carbocycles. The molecule has 0 bridgehead atoms. The molecular formula is C26H19NO2. The summed E-state index contributed by atoms with van der Waals surface area (Å²) in [5, 5.41) is 12.8. The molecule has 1 aromatic heterocycles. The highest BCUT2D eigenvalue weighted by Gasteiger charge is 2.17. The number of benzene rings is 4. The van der Waals surface area contributed by atoms with E-state index in [4.69, 9.17) is 0 Å². The molecule has 0 aliphatic carbocycles. The Morgan fingerprint density at radius 3 is 2.21 bits per heavy atom. The van der Waals surface area contributed by atoms with E-state index in [1.54, 1.807) is 6.07 Å². The number of rotatable bonds is 3. The smallest absolute Gasteiger partial charge is 0.352 e. The topological polar surface area (TPSA) is 53.1 Å². The van der Waals surface area contributed by atoms with Crippen molar-refractivity contribution in [3.63, 3.8) is 0 Å². The van der Waals surface area contributed by atoms with E-state index in [1.165, 1.54) is 0 Å². The van der Waals surface area contributed by atoms with Crippen LogP contribution in [0, 0.1) is 6.92 Å². The van der Waals surface area contributed by atoms with Gasteiger partial charge < -0.3 is 10.1 Å². The van der Waals surface area contributed by atoms with Crippen molar-refractivity contribution in [1.29, 1.82) is 0 Å². The predicted molar refractivity (Wildman–Crippen MR) is 118 cm³/mol. The SMILES string of the molecule is Cc1ccccc1-c1ccc(-c2cccc3ccccc23)c2cc(C(=O)O)[nH]c12. The normalized spacial score (nSPS) is 11.2. The first-order chi connectivity index (χ1) is 14.1. The van der Waals surface area contributed by atoms with E-state index in [9.17, 15) is 9.90 Å². The van der Waals surface area contributed by atoms with Gasteiger partial charge in [-0.25, -0.2) is 4.79 Å². The van der Waals surface area contributed by atoms with E-state index in [1.807, 2.05) is 30.3 Å². The molecule has 0 amide bonds. The number of hydrogen-bond donors (Lipinski definition) is 2. The third-order valence-electron chi connectivity index (χ3n) is 5.54. The van der Waals surface area contributed by atoms with Crippen molar-refractivity contribution in [2.75, 3.05) is 0 Å². The maximum Gasteiger partial charge on any atom is 0.352 e. The number of carboxylic acid groups (broad SMARTS) is 1. The molecule has 0 spiro atoms. The van der Waals surface area contributed by atoms with Crippen molar-refractivity contribution in [3.8, 4) is 22.3 Å². The zero-order chi connectivity index (χ0) is 20.0. The van der Waals surface area contributed by atoms with Crippen LogP contribution in [0.1, 0.15) is 16.1 Å². The summed E-state index contributed by atoms with van der Waals surface area (Å²) in [6.45, 7) is 2.07. The second-order valence-corrected chi connectivity index (χ2v) is 7.28. The lowest BCUT2D eigenvalue weighted by molar-refractivity contribution is 0.0691. The Bertz CT molecular complexity index is 1390. The number of aromatic nitrogens is 1. The van der Waals surface area contributed by atoms with Crippen molar-refractivity contribution in [1.82, 2.24) is 4.98 Å². The predicted octanol–water partition coefficient (Wildman–Crippen LogP) is 6.66. The number of H-pyrrole nitrogens is 1. The van der Waals surface area contributed by atoms with Gasteiger partial charge in [0.2, 0.25) is 0 Å². The summed E-state index contributed by atoms with van der Waals surface area (Å²) in [5.41, 5.74) is 6.43. The van der Waals surface area contributed by atoms with Gasteiger partial charge in [0.1, 0.15) is 5.69 Å². The molecule has 0 radical (unpaired) electrons. The molecule has 0 saturated heterocycles. The summed E-state index contributed by atoms with van der Waals surface area (Å²) >= 11 is 0.